The fourth-order valence-electron chi connectivity index (χ4n) is 1.25. The van der Waals surface area contributed by atoms with Crippen LogP contribution in [0, 0.1) is 11.6 Å². The van der Waals surface area contributed by atoms with E-state index in [-0.39, 0.29) is 5.69 Å². The van der Waals surface area contributed by atoms with Crippen molar-refractivity contribution in [3.8, 4) is 11.3 Å². The molecule has 0 aliphatic heterocycles. The van der Waals surface area contributed by atoms with E-state index in [9.17, 15) is 13.6 Å². The number of aromatic amines is 1. The lowest BCUT2D eigenvalue weighted by atomic mass is 10.1. The lowest BCUT2D eigenvalue weighted by Crippen LogP contribution is -2.11. The SMILES string of the molecule is O=c1[nH]ccnc1-c1c(F)cccc1F. The lowest BCUT2D eigenvalue weighted by molar-refractivity contribution is 0.588. The van der Waals surface area contributed by atoms with Crippen molar-refractivity contribution in [2.75, 3.05) is 0 Å². The first-order valence-electron chi connectivity index (χ1n) is 4.18. The normalized spacial score (nSPS) is 10.3. The van der Waals surface area contributed by atoms with Crippen LogP contribution in [0.4, 0.5) is 8.78 Å². The van der Waals surface area contributed by atoms with E-state index in [4.69, 9.17) is 0 Å². The van der Waals surface area contributed by atoms with Gasteiger partial charge in [0.1, 0.15) is 17.3 Å². The van der Waals surface area contributed by atoms with Crippen LogP contribution < -0.4 is 5.56 Å². The summed E-state index contributed by atoms with van der Waals surface area (Å²) in [5.41, 5.74) is -1.28. The average molecular weight is 208 g/mol. The van der Waals surface area contributed by atoms with Crippen LogP contribution >= 0.6 is 0 Å². The first-order chi connectivity index (χ1) is 7.20. The van der Waals surface area contributed by atoms with Crippen LogP contribution in [0.25, 0.3) is 11.3 Å². The van der Waals surface area contributed by atoms with E-state index < -0.39 is 22.8 Å². The molecule has 2 rings (SSSR count). The monoisotopic (exact) mass is 208 g/mol. The fraction of sp³-hybridized carbons (Fsp3) is 0. The maximum absolute atomic E-state index is 13.3. The summed E-state index contributed by atoms with van der Waals surface area (Å²) < 4.78 is 26.6. The third-order valence-electron chi connectivity index (χ3n) is 1.91. The largest absolute Gasteiger partial charge is 0.326 e. The van der Waals surface area contributed by atoms with Crippen molar-refractivity contribution >= 4 is 0 Å². The molecule has 1 aromatic heterocycles. The molecule has 0 spiro atoms. The van der Waals surface area contributed by atoms with Gasteiger partial charge in [-0.25, -0.2) is 13.8 Å². The Morgan fingerprint density at radius 3 is 2.47 bits per heavy atom. The molecule has 0 unspecified atom stereocenters. The van der Waals surface area contributed by atoms with Gasteiger partial charge in [0.15, 0.2) is 0 Å². The minimum absolute atomic E-state index is 0.256. The minimum atomic E-state index is -0.806. The van der Waals surface area contributed by atoms with Gasteiger partial charge in [0.25, 0.3) is 5.56 Å². The van der Waals surface area contributed by atoms with Gasteiger partial charge >= 0.3 is 0 Å². The van der Waals surface area contributed by atoms with Crippen molar-refractivity contribution < 1.29 is 8.78 Å². The van der Waals surface area contributed by atoms with E-state index in [0.29, 0.717) is 0 Å². The summed E-state index contributed by atoms with van der Waals surface area (Å²) in [7, 11) is 0. The molecule has 1 aromatic carbocycles. The second-order valence-corrected chi connectivity index (χ2v) is 2.86. The summed E-state index contributed by atoms with van der Waals surface area (Å²) in [5.74, 6) is -1.61. The molecule has 0 aliphatic rings. The van der Waals surface area contributed by atoms with Gasteiger partial charge in [0.2, 0.25) is 0 Å². The Kier molecular flexibility index (Phi) is 2.29. The molecule has 0 amide bonds. The second-order valence-electron chi connectivity index (χ2n) is 2.86. The Morgan fingerprint density at radius 2 is 1.87 bits per heavy atom. The number of nitrogens with one attached hydrogen (secondary N) is 1. The van der Waals surface area contributed by atoms with Gasteiger partial charge in [0, 0.05) is 12.4 Å². The van der Waals surface area contributed by atoms with Crippen LogP contribution in [0.15, 0.2) is 35.4 Å². The van der Waals surface area contributed by atoms with Gasteiger partial charge in [-0.05, 0) is 12.1 Å². The number of rotatable bonds is 1. The predicted octanol–water partition coefficient (Wildman–Crippen LogP) is 1.72. The maximum atomic E-state index is 13.3. The molecule has 0 bridgehead atoms. The standard InChI is InChI=1S/C10H6F2N2O/c11-6-2-1-3-7(12)8(6)9-10(15)14-5-4-13-9/h1-5H,(H,14,15). The highest BCUT2D eigenvalue weighted by Crippen LogP contribution is 2.20. The van der Waals surface area contributed by atoms with Crippen molar-refractivity contribution in [2.45, 2.75) is 0 Å². The van der Waals surface area contributed by atoms with E-state index in [1.54, 1.807) is 0 Å². The van der Waals surface area contributed by atoms with Crippen LogP contribution in [0.2, 0.25) is 0 Å². The van der Waals surface area contributed by atoms with E-state index in [0.717, 1.165) is 12.1 Å². The fourth-order valence-corrected chi connectivity index (χ4v) is 1.25. The number of hydrogen-bond donors (Lipinski definition) is 1. The van der Waals surface area contributed by atoms with Crippen molar-refractivity contribution in [3.05, 3.63) is 52.6 Å². The first-order valence-corrected chi connectivity index (χ1v) is 4.18. The molecule has 0 fully saturated rings. The van der Waals surface area contributed by atoms with Gasteiger partial charge < -0.3 is 4.98 Å². The Morgan fingerprint density at radius 1 is 1.20 bits per heavy atom. The molecule has 76 valence electrons. The zero-order valence-electron chi connectivity index (χ0n) is 7.50. The van der Waals surface area contributed by atoms with Crippen molar-refractivity contribution in [1.82, 2.24) is 9.97 Å². The summed E-state index contributed by atoms with van der Waals surface area (Å²) in [4.78, 5) is 17.2. The Bertz CT molecular complexity index is 531. The van der Waals surface area contributed by atoms with Gasteiger partial charge in [-0.2, -0.15) is 0 Å². The van der Waals surface area contributed by atoms with Crippen LogP contribution in [0.1, 0.15) is 0 Å². The summed E-state index contributed by atoms with van der Waals surface area (Å²) in [6, 6.07) is 3.38. The summed E-state index contributed by atoms with van der Waals surface area (Å²) in [6.45, 7) is 0. The van der Waals surface area contributed by atoms with E-state index in [2.05, 4.69) is 9.97 Å². The van der Waals surface area contributed by atoms with Crippen LogP contribution in [0.5, 0.6) is 0 Å². The van der Waals surface area contributed by atoms with Gasteiger partial charge in [0.05, 0.1) is 5.56 Å². The Labute approximate surface area is 83.4 Å². The lowest BCUT2D eigenvalue weighted by Gasteiger charge is -2.01. The van der Waals surface area contributed by atoms with Crippen molar-refractivity contribution in [3.63, 3.8) is 0 Å². The number of H-pyrrole nitrogens is 1. The zero-order chi connectivity index (χ0) is 10.8. The number of benzene rings is 1. The molecular formula is C10H6F2N2O. The molecule has 0 radical (unpaired) electrons. The number of aromatic nitrogens is 2. The molecular weight excluding hydrogens is 202 g/mol. The molecule has 0 saturated carbocycles. The maximum Gasteiger partial charge on any atom is 0.274 e. The van der Waals surface area contributed by atoms with Gasteiger partial charge in [-0.15, -0.1) is 0 Å². The Hall–Kier alpha value is -2.04. The molecule has 0 atom stereocenters. The van der Waals surface area contributed by atoms with Crippen molar-refractivity contribution in [1.29, 1.82) is 0 Å². The average Bonchev–Trinajstić information content (AvgIpc) is 2.20. The van der Waals surface area contributed by atoms with Crippen molar-refractivity contribution in [2.24, 2.45) is 0 Å². The van der Waals surface area contributed by atoms with Crippen LogP contribution in [-0.2, 0) is 0 Å². The Balaban J connectivity index is 2.75. The topological polar surface area (TPSA) is 45.8 Å². The quantitative estimate of drug-likeness (QED) is 0.775. The van der Waals surface area contributed by atoms with Gasteiger partial charge in [-0.3, -0.25) is 4.79 Å². The first kappa shape index (κ1) is 9.51. The number of halogens is 2. The highest BCUT2D eigenvalue weighted by atomic mass is 19.1. The summed E-state index contributed by atoms with van der Waals surface area (Å²) in [6.07, 6.45) is 2.56. The second kappa shape index (κ2) is 3.61. The highest BCUT2D eigenvalue weighted by Gasteiger charge is 2.14. The third kappa shape index (κ3) is 1.63. The summed E-state index contributed by atoms with van der Waals surface area (Å²) in [5, 5.41) is 0. The number of hydrogen-bond acceptors (Lipinski definition) is 2. The number of nitrogens with zero attached hydrogens (tertiary/aromatic N) is 1. The molecule has 0 aliphatic carbocycles. The molecule has 2 aromatic rings. The summed E-state index contributed by atoms with van der Waals surface area (Å²) >= 11 is 0. The smallest absolute Gasteiger partial charge is 0.274 e. The van der Waals surface area contributed by atoms with E-state index in [1.807, 2.05) is 0 Å². The molecule has 15 heavy (non-hydrogen) atoms. The predicted molar refractivity (Wildman–Crippen MR) is 50.2 cm³/mol. The zero-order valence-corrected chi connectivity index (χ0v) is 7.50. The molecule has 3 nitrogen and oxygen atoms in total. The highest BCUT2D eigenvalue weighted by molar-refractivity contribution is 5.59. The van der Waals surface area contributed by atoms with Gasteiger partial charge in [-0.1, -0.05) is 6.07 Å². The van der Waals surface area contributed by atoms with Crippen LogP contribution in [0.3, 0.4) is 0 Å². The molecule has 5 heteroatoms. The third-order valence-corrected chi connectivity index (χ3v) is 1.91. The van der Waals surface area contributed by atoms with E-state index in [1.165, 1.54) is 18.5 Å². The molecule has 1 N–H and O–H groups in total. The molecule has 0 saturated heterocycles. The van der Waals surface area contributed by atoms with Crippen LogP contribution in [-0.4, -0.2) is 9.97 Å². The van der Waals surface area contributed by atoms with E-state index >= 15 is 0 Å². The molecule has 1 heterocycles. The minimum Gasteiger partial charge on any atom is -0.326 e.